The molecule has 0 spiro atoms. The van der Waals surface area contributed by atoms with Gasteiger partial charge in [-0.3, -0.25) is 10.1 Å². The maximum Gasteiger partial charge on any atom is 0.156 e. The molecule has 0 saturated carbocycles. The number of aromatic amines is 1. The maximum atomic E-state index is 5.23. The van der Waals surface area contributed by atoms with Crippen LogP contribution in [0.5, 0.6) is 0 Å². The summed E-state index contributed by atoms with van der Waals surface area (Å²) in [4.78, 5) is 5.54. The molecule has 0 aliphatic rings. The number of nitrogens with zero attached hydrogens (tertiary/aromatic N) is 2. The zero-order valence-corrected chi connectivity index (χ0v) is 18.0. The summed E-state index contributed by atoms with van der Waals surface area (Å²) in [5.41, 5.74) is 6.80. The zero-order chi connectivity index (χ0) is 19.6. The highest BCUT2D eigenvalue weighted by Gasteiger charge is 2.18. The fourth-order valence-corrected chi connectivity index (χ4v) is 3.14. The van der Waals surface area contributed by atoms with E-state index in [1.165, 1.54) is 11.1 Å². The van der Waals surface area contributed by atoms with E-state index in [2.05, 4.69) is 60.3 Å². The molecule has 0 atom stereocenters. The first-order valence-corrected chi connectivity index (χ1v) is 9.37. The number of benzene rings is 1. The van der Waals surface area contributed by atoms with Crippen LogP contribution < -0.4 is 5.32 Å². The summed E-state index contributed by atoms with van der Waals surface area (Å²) < 4.78 is 0. The number of hydrogen-bond acceptors (Lipinski definition) is 4. The zero-order valence-electron chi connectivity index (χ0n) is 17.2. The average molecular weight is 371 g/mol. The van der Waals surface area contributed by atoms with Crippen LogP contribution in [-0.2, 0) is 5.41 Å². The van der Waals surface area contributed by atoms with Crippen molar-refractivity contribution in [3.8, 4) is 0 Å². The number of hydrogen-bond donors (Lipinski definition) is 2. The predicted octanol–water partition coefficient (Wildman–Crippen LogP) is 5.73. The normalized spacial score (nSPS) is 13.8. The van der Waals surface area contributed by atoms with Gasteiger partial charge in [0.25, 0.3) is 0 Å². The van der Waals surface area contributed by atoms with Crippen LogP contribution in [0.3, 0.4) is 0 Å². The summed E-state index contributed by atoms with van der Waals surface area (Å²) in [6.07, 6.45) is 0. The molecule has 2 N–H and O–H groups in total. The lowest BCUT2D eigenvalue weighted by molar-refractivity contribution is 0.587. The van der Waals surface area contributed by atoms with Gasteiger partial charge in [0.05, 0.1) is 12.1 Å². The molecule has 140 valence electrons. The number of fused-ring (bicyclic) bond motifs is 1. The number of aliphatic imine (C=N–C) groups is 1. The van der Waals surface area contributed by atoms with Gasteiger partial charge in [0, 0.05) is 21.7 Å². The Kier molecular flexibility index (Phi) is 6.02. The Morgan fingerprint density at radius 1 is 1.19 bits per heavy atom. The summed E-state index contributed by atoms with van der Waals surface area (Å²) in [6.45, 7) is 17.5. The molecule has 0 amide bonds. The van der Waals surface area contributed by atoms with Gasteiger partial charge in [0.1, 0.15) is 0 Å². The third-order valence-corrected chi connectivity index (χ3v) is 4.96. The number of rotatable bonds is 5. The topological polar surface area (TPSA) is 53.1 Å². The lowest BCUT2D eigenvalue weighted by Crippen LogP contribution is -2.13. The van der Waals surface area contributed by atoms with Gasteiger partial charge >= 0.3 is 0 Å². The minimum Gasteiger partial charge on any atom is -0.363 e. The van der Waals surface area contributed by atoms with Crippen LogP contribution >= 0.6 is 12.2 Å². The molecule has 5 heteroatoms. The van der Waals surface area contributed by atoms with Crippen molar-refractivity contribution in [1.29, 1.82) is 0 Å². The molecule has 4 nitrogen and oxygen atoms in total. The monoisotopic (exact) mass is 370 g/mol. The number of aromatic nitrogens is 2. The van der Waals surface area contributed by atoms with Gasteiger partial charge < -0.3 is 5.32 Å². The average Bonchev–Trinajstić information content (AvgIpc) is 2.92. The molecule has 2 aromatic rings. The number of allylic oxidation sites excluding steroid dienone is 2. The smallest absolute Gasteiger partial charge is 0.156 e. The van der Waals surface area contributed by atoms with E-state index in [1.54, 1.807) is 0 Å². The summed E-state index contributed by atoms with van der Waals surface area (Å²) in [6, 6.07) is 4.42. The van der Waals surface area contributed by atoms with E-state index < -0.39 is 0 Å². The molecular weight excluding hydrogens is 340 g/mol. The molecule has 0 radical (unpaired) electrons. The highest BCUT2D eigenvalue weighted by Crippen LogP contribution is 2.31. The molecule has 1 aromatic heterocycles. The van der Waals surface area contributed by atoms with Crippen LogP contribution in [0, 0.1) is 6.92 Å². The van der Waals surface area contributed by atoms with Gasteiger partial charge in [-0.05, 0) is 68.9 Å². The first-order valence-electron chi connectivity index (χ1n) is 8.96. The summed E-state index contributed by atoms with van der Waals surface area (Å²) in [5, 5.41) is 12.1. The van der Waals surface area contributed by atoms with E-state index in [0.717, 1.165) is 38.6 Å². The molecule has 1 heterocycles. The van der Waals surface area contributed by atoms with E-state index in [4.69, 9.17) is 12.2 Å². The number of anilines is 1. The molecular formula is C21H30N4S. The standard InChI is InChI=1S/C21H30N4S/c1-12-9-19-17(10-18(12)21(6,7)8)20(25-24-19)22-11-13(2)23-15(4)14(3)16(5)26/h9-10H,11H2,1-8H3,(H2,22,24,25)/b15-14+,23-13?. The van der Waals surface area contributed by atoms with Crippen molar-refractivity contribution in [2.75, 3.05) is 11.9 Å². The minimum atomic E-state index is 0.0994. The van der Waals surface area contributed by atoms with Crippen molar-refractivity contribution in [2.24, 2.45) is 4.99 Å². The summed E-state index contributed by atoms with van der Waals surface area (Å²) in [5.74, 6) is 0.865. The highest BCUT2D eigenvalue weighted by atomic mass is 32.1. The molecule has 0 aliphatic heterocycles. The van der Waals surface area contributed by atoms with E-state index in [9.17, 15) is 0 Å². The third-order valence-electron chi connectivity index (χ3n) is 4.66. The SMILES string of the molecule is CC(=S)/C(C)=C(\C)N=C(C)CNc1n[nH]c2cc(C)c(C(C)(C)C)cc12. The molecule has 2 rings (SSSR count). The first-order chi connectivity index (χ1) is 12.0. The summed E-state index contributed by atoms with van der Waals surface area (Å²) in [7, 11) is 0. The van der Waals surface area contributed by atoms with Crippen molar-refractivity contribution in [3.63, 3.8) is 0 Å². The largest absolute Gasteiger partial charge is 0.363 e. The van der Waals surface area contributed by atoms with Crippen LogP contribution in [-0.4, -0.2) is 27.3 Å². The Morgan fingerprint density at radius 2 is 1.85 bits per heavy atom. The molecule has 0 fully saturated rings. The quantitative estimate of drug-likeness (QED) is 0.402. The van der Waals surface area contributed by atoms with Gasteiger partial charge in [0.2, 0.25) is 0 Å². The molecule has 1 aromatic carbocycles. The van der Waals surface area contributed by atoms with E-state index in [0.29, 0.717) is 6.54 Å². The second-order valence-electron chi connectivity index (χ2n) is 8.00. The summed E-state index contributed by atoms with van der Waals surface area (Å²) >= 11 is 5.23. The van der Waals surface area contributed by atoms with Crippen LogP contribution in [0.2, 0.25) is 0 Å². The third kappa shape index (κ3) is 4.58. The Labute approximate surface area is 162 Å². The van der Waals surface area contributed by atoms with Gasteiger partial charge in [-0.15, -0.1) is 0 Å². The van der Waals surface area contributed by atoms with Crippen LogP contribution in [0.25, 0.3) is 10.9 Å². The van der Waals surface area contributed by atoms with Gasteiger partial charge in [0.15, 0.2) is 5.82 Å². The van der Waals surface area contributed by atoms with Crippen LogP contribution in [0.15, 0.2) is 28.4 Å². The number of aryl methyl sites for hydroxylation is 1. The van der Waals surface area contributed by atoms with Crippen LogP contribution in [0.4, 0.5) is 5.82 Å². The number of nitrogens with one attached hydrogen (secondary N) is 2. The molecule has 0 saturated heterocycles. The minimum absolute atomic E-state index is 0.0994. The first kappa shape index (κ1) is 20.3. The van der Waals surface area contributed by atoms with Gasteiger partial charge in [-0.1, -0.05) is 33.0 Å². The second-order valence-corrected chi connectivity index (χ2v) is 8.61. The Hall–Kier alpha value is -2.01. The van der Waals surface area contributed by atoms with Crippen molar-refractivity contribution < 1.29 is 0 Å². The molecule has 0 bridgehead atoms. The van der Waals surface area contributed by atoms with Gasteiger partial charge in [-0.2, -0.15) is 5.10 Å². The highest BCUT2D eigenvalue weighted by molar-refractivity contribution is 7.80. The molecule has 0 unspecified atom stereocenters. The van der Waals surface area contributed by atoms with Crippen molar-refractivity contribution in [2.45, 2.75) is 60.8 Å². The van der Waals surface area contributed by atoms with Crippen molar-refractivity contribution in [1.82, 2.24) is 10.2 Å². The Morgan fingerprint density at radius 3 is 2.42 bits per heavy atom. The fourth-order valence-electron chi connectivity index (χ4n) is 2.99. The Bertz CT molecular complexity index is 895. The van der Waals surface area contributed by atoms with Crippen molar-refractivity contribution in [3.05, 3.63) is 34.5 Å². The lowest BCUT2D eigenvalue weighted by Gasteiger charge is -2.21. The lowest BCUT2D eigenvalue weighted by atomic mass is 9.83. The molecule has 26 heavy (non-hydrogen) atoms. The van der Waals surface area contributed by atoms with Crippen molar-refractivity contribution >= 4 is 39.5 Å². The van der Waals surface area contributed by atoms with Crippen LogP contribution in [0.1, 0.15) is 59.6 Å². The molecule has 0 aliphatic carbocycles. The fraction of sp³-hybridized carbons (Fsp3) is 0.476. The van der Waals surface area contributed by atoms with E-state index in [1.807, 2.05) is 27.7 Å². The second kappa shape index (κ2) is 7.70. The Balaban J connectivity index is 2.27. The van der Waals surface area contributed by atoms with Gasteiger partial charge in [-0.25, -0.2) is 0 Å². The number of thiocarbonyl (C=S) groups is 1. The predicted molar refractivity (Wildman–Crippen MR) is 118 cm³/mol. The maximum absolute atomic E-state index is 5.23. The van der Waals surface area contributed by atoms with E-state index >= 15 is 0 Å². The number of H-pyrrole nitrogens is 1. The van der Waals surface area contributed by atoms with E-state index in [-0.39, 0.29) is 5.41 Å².